The van der Waals surface area contributed by atoms with E-state index in [1.54, 1.807) is 6.07 Å². The van der Waals surface area contributed by atoms with E-state index in [4.69, 9.17) is 0 Å². The summed E-state index contributed by atoms with van der Waals surface area (Å²) in [4.78, 5) is 11.7. The minimum Gasteiger partial charge on any atom is -0.352 e. The van der Waals surface area contributed by atoms with Crippen molar-refractivity contribution in [2.75, 3.05) is 6.54 Å². The third-order valence-corrected chi connectivity index (χ3v) is 2.71. The number of amides is 1. The Hall–Kier alpha value is -2.17. The SMILES string of the molecule is Cc1ccn(CCCNC(=O)c2cccc(F)c2)n1. The van der Waals surface area contributed by atoms with Crippen LogP contribution in [-0.4, -0.2) is 22.2 Å². The lowest BCUT2D eigenvalue weighted by molar-refractivity contribution is 0.0952. The predicted octanol–water partition coefficient (Wildman–Crippen LogP) is 2.15. The number of nitrogens with zero attached hydrogens (tertiary/aromatic N) is 2. The molecule has 0 aliphatic carbocycles. The Labute approximate surface area is 111 Å². The molecule has 0 unspecified atom stereocenters. The number of benzene rings is 1. The predicted molar refractivity (Wildman–Crippen MR) is 70.3 cm³/mol. The van der Waals surface area contributed by atoms with Gasteiger partial charge in [-0.05, 0) is 37.6 Å². The topological polar surface area (TPSA) is 46.9 Å². The average Bonchev–Trinajstić information content (AvgIpc) is 2.80. The van der Waals surface area contributed by atoms with Crippen LogP contribution in [0.5, 0.6) is 0 Å². The van der Waals surface area contributed by atoms with E-state index in [2.05, 4.69) is 10.4 Å². The molecular weight excluding hydrogens is 245 g/mol. The summed E-state index contributed by atoms with van der Waals surface area (Å²) in [6.07, 6.45) is 2.69. The van der Waals surface area contributed by atoms with Gasteiger partial charge in [0.05, 0.1) is 5.69 Å². The molecule has 0 aliphatic rings. The fourth-order valence-corrected chi connectivity index (χ4v) is 1.76. The van der Waals surface area contributed by atoms with Gasteiger partial charge in [0.15, 0.2) is 0 Å². The van der Waals surface area contributed by atoms with E-state index < -0.39 is 5.82 Å². The molecule has 0 saturated heterocycles. The third-order valence-electron chi connectivity index (χ3n) is 2.71. The van der Waals surface area contributed by atoms with Gasteiger partial charge in [0.2, 0.25) is 0 Å². The summed E-state index contributed by atoms with van der Waals surface area (Å²) in [5.41, 5.74) is 1.32. The number of aryl methyl sites for hydroxylation is 2. The highest BCUT2D eigenvalue weighted by atomic mass is 19.1. The molecule has 100 valence electrons. The zero-order valence-corrected chi connectivity index (χ0v) is 10.8. The number of nitrogens with one attached hydrogen (secondary N) is 1. The summed E-state index contributed by atoms with van der Waals surface area (Å²) >= 11 is 0. The molecule has 1 aromatic heterocycles. The lowest BCUT2D eigenvalue weighted by Crippen LogP contribution is -2.25. The zero-order valence-electron chi connectivity index (χ0n) is 10.8. The molecule has 0 bridgehead atoms. The van der Waals surface area contributed by atoms with Crippen LogP contribution in [0.1, 0.15) is 22.5 Å². The van der Waals surface area contributed by atoms with E-state index in [0.29, 0.717) is 12.1 Å². The van der Waals surface area contributed by atoms with Gasteiger partial charge in [-0.25, -0.2) is 4.39 Å². The summed E-state index contributed by atoms with van der Waals surface area (Å²) in [5, 5.41) is 7.01. The number of hydrogen-bond acceptors (Lipinski definition) is 2. The highest BCUT2D eigenvalue weighted by molar-refractivity contribution is 5.94. The first-order valence-electron chi connectivity index (χ1n) is 6.19. The molecule has 1 aromatic carbocycles. The molecule has 1 N–H and O–H groups in total. The Bertz CT molecular complexity index is 565. The van der Waals surface area contributed by atoms with Crippen molar-refractivity contribution in [3.8, 4) is 0 Å². The van der Waals surface area contributed by atoms with Crippen LogP contribution in [0.15, 0.2) is 36.5 Å². The second kappa shape index (κ2) is 6.13. The van der Waals surface area contributed by atoms with Gasteiger partial charge in [-0.2, -0.15) is 5.10 Å². The Balaban J connectivity index is 1.75. The molecule has 1 heterocycles. The van der Waals surface area contributed by atoms with Crippen LogP contribution in [0, 0.1) is 12.7 Å². The van der Waals surface area contributed by atoms with E-state index in [-0.39, 0.29) is 5.91 Å². The van der Waals surface area contributed by atoms with Crippen molar-refractivity contribution in [2.24, 2.45) is 0 Å². The first-order chi connectivity index (χ1) is 9.15. The van der Waals surface area contributed by atoms with Gasteiger partial charge in [-0.15, -0.1) is 0 Å². The number of carbonyl (C=O) groups excluding carboxylic acids is 1. The zero-order chi connectivity index (χ0) is 13.7. The lowest BCUT2D eigenvalue weighted by atomic mass is 10.2. The van der Waals surface area contributed by atoms with Gasteiger partial charge < -0.3 is 5.32 Å². The molecule has 0 spiro atoms. The quantitative estimate of drug-likeness (QED) is 0.838. The number of aromatic nitrogens is 2. The van der Waals surface area contributed by atoms with E-state index in [0.717, 1.165) is 18.7 Å². The van der Waals surface area contributed by atoms with E-state index >= 15 is 0 Å². The van der Waals surface area contributed by atoms with Gasteiger partial charge in [0.25, 0.3) is 5.91 Å². The van der Waals surface area contributed by atoms with Crippen LogP contribution in [0.2, 0.25) is 0 Å². The first kappa shape index (κ1) is 13.3. The maximum absolute atomic E-state index is 12.9. The Morgan fingerprint density at radius 3 is 2.95 bits per heavy atom. The maximum Gasteiger partial charge on any atom is 0.251 e. The molecule has 2 rings (SSSR count). The molecule has 0 fully saturated rings. The highest BCUT2D eigenvalue weighted by Crippen LogP contribution is 2.03. The average molecular weight is 261 g/mol. The van der Waals surface area contributed by atoms with Crippen LogP contribution in [-0.2, 0) is 6.54 Å². The van der Waals surface area contributed by atoms with Gasteiger partial charge in [-0.3, -0.25) is 9.48 Å². The fourth-order valence-electron chi connectivity index (χ4n) is 1.76. The van der Waals surface area contributed by atoms with E-state index in [1.165, 1.54) is 18.2 Å². The van der Waals surface area contributed by atoms with Crippen molar-refractivity contribution in [2.45, 2.75) is 19.9 Å². The summed E-state index contributed by atoms with van der Waals surface area (Å²) in [6.45, 7) is 3.22. The second-order valence-corrected chi connectivity index (χ2v) is 4.34. The summed E-state index contributed by atoms with van der Waals surface area (Å²) < 4.78 is 14.8. The number of carbonyl (C=O) groups is 1. The van der Waals surface area contributed by atoms with Crippen molar-refractivity contribution in [3.05, 3.63) is 53.6 Å². The second-order valence-electron chi connectivity index (χ2n) is 4.34. The molecule has 2 aromatic rings. The van der Waals surface area contributed by atoms with Gasteiger partial charge >= 0.3 is 0 Å². The number of rotatable bonds is 5. The summed E-state index contributed by atoms with van der Waals surface area (Å²) in [6, 6.07) is 7.60. The molecule has 19 heavy (non-hydrogen) atoms. The molecule has 0 radical (unpaired) electrons. The molecule has 4 nitrogen and oxygen atoms in total. The van der Waals surface area contributed by atoms with Gasteiger partial charge in [-0.1, -0.05) is 6.07 Å². The van der Waals surface area contributed by atoms with E-state index in [1.807, 2.05) is 23.9 Å². The van der Waals surface area contributed by atoms with Crippen molar-refractivity contribution in [3.63, 3.8) is 0 Å². The van der Waals surface area contributed by atoms with Crippen LogP contribution in [0.4, 0.5) is 4.39 Å². The van der Waals surface area contributed by atoms with Crippen LogP contribution < -0.4 is 5.32 Å². The van der Waals surface area contributed by atoms with Gasteiger partial charge in [0, 0.05) is 24.8 Å². The molecule has 0 saturated carbocycles. The summed E-state index contributed by atoms with van der Waals surface area (Å²) in [5.74, 6) is -0.657. The summed E-state index contributed by atoms with van der Waals surface area (Å²) in [7, 11) is 0. The minimum absolute atomic E-state index is 0.254. The highest BCUT2D eigenvalue weighted by Gasteiger charge is 2.05. The van der Waals surface area contributed by atoms with Crippen molar-refractivity contribution >= 4 is 5.91 Å². The lowest BCUT2D eigenvalue weighted by Gasteiger charge is -2.05. The molecule has 0 atom stereocenters. The molecular formula is C14H16FN3O. The van der Waals surface area contributed by atoms with Crippen molar-refractivity contribution < 1.29 is 9.18 Å². The fraction of sp³-hybridized carbons (Fsp3) is 0.286. The number of hydrogen-bond donors (Lipinski definition) is 1. The standard InChI is InChI=1S/C14H16FN3O/c1-11-6-9-18(17-11)8-3-7-16-14(19)12-4-2-5-13(15)10-12/h2,4-6,9-10H,3,7-8H2,1H3,(H,16,19). The monoisotopic (exact) mass is 261 g/mol. The van der Waals surface area contributed by atoms with Crippen molar-refractivity contribution in [1.82, 2.24) is 15.1 Å². The normalized spacial score (nSPS) is 10.4. The first-order valence-corrected chi connectivity index (χ1v) is 6.19. The smallest absolute Gasteiger partial charge is 0.251 e. The van der Waals surface area contributed by atoms with Crippen LogP contribution in [0.3, 0.4) is 0 Å². The Morgan fingerprint density at radius 2 is 2.26 bits per heavy atom. The van der Waals surface area contributed by atoms with Crippen molar-refractivity contribution in [1.29, 1.82) is 0 Å². The van der Waals surface area contributed by atoms with Gasteiger partial charge in [0.1, 0.15) is 5.82 Å². The third kappa shape index (κ3) is 3.91. The van der Waals surface area contributed by atoms with Crippen LogP contribution in [0.25, 0.3) is 0 Å². The largest absolute Gasteiger partial charge is 0.352 e. The maximum atomic E-state index is 12.9. The Kier molecular flexibility index (Phi) is 4.28. The minimum atomic E-state index is -0.403. The molecule has 5 heteroatoms. The van der Waals surface area contributed by atoms with E-state index in [9.17, 15) is 9.18 Å². The van der Waals surface area contributed by atoms with Crippen LogP contribution >= 0.6 is 0 Å². The number of halogens is 1. The Morgan fingerprint density at radius 1 is 1.42 bits per heavy atom. The molecule has 1 amide bonds. The molecule has 0 aliphatic heterocycles.